The van der Waals surface area contributed by atoms with Gasteiger partial charge in [0.05, 0.1) is 18.7 Å². The third-order valence-corrected chi connectivity index (χ3v) is 5.30. The summed E-state index contributed by atoms with van der Waals surface area (Å²) in [6.07, 6.45) is 1.75. The number of aromatic nitrogens is 1. The average Bonchev–Trinajstić information content (AvgIpc) is 3.14. The Morgan fingerprint density at radius 1 is 1.03 bits per heavy atom. The maximum absolute atomic E-state index is 12.5. The number of halogens is 1. The van der Waals surface area contributed by atoms with Gasteiger partial charge in [0.15, 0.2) is 5.70 Å². The lowest BCUT2D eigenvalue weighted by Gasteiger charge is -2.29. The summed E-state index contributed by atoms with van der Waals surface area (Å²) in [4.78, 5) is 24.0. The van der Waals surface area contributed by atoms with Crippen molar-refractivity contribution in [1.29, 1.82) is 0 Å². The third kappa shape index (κ3) is 3.67. The summed E-state index contributed by atoms with van der Waals surface area (Å²) in [5.41, 5.74) is 2.66. The van der Waals surface area contributed by atoms with Gasteiger partial charge in [-0.3, -0.25) is 0 Å². The average molecular weight is 420 g/mol. The Morgan fingerprint density at radius 3 is 2.60 bits per heavy atom. The largest absolute Gasteiger partial charge is 0.402 e. The minimum atomic E-state index is -0.485. The summed E-state index contributed by atoms with van der Waals surface area (Å²) >= 11 is 5.94. The Bertz CT molecular complexity index is 1180. The molecule has 1 fully saturated rings. The van der Waals surface area contributed by atoms with E-state index < -0.39 is 5.97 Å². The van der Waals surface area contributed by atoms with Gasteiger partial charge in [-0.15, -0.1) is 0 Å². The number of carbonyl (C=O) groups is 1. The smallest absolute Gasteiger partial charge is 0.363 e. The minimum absolute atomic E-state index is 0.242. The molecule has 0 spiro atoms. The minimum Gasteiger partial charge on any atom is -0.402 e. The van der Waals surface area contributed by atoms with Crippen molar-refractivity contribution < 1.29 is 14.3 Å². The highest BCUT2D eigenvalue weighted by Crippen LogP contribution is 2.28. The summed E-state index contributed by atoms with van der Waals surface area (Å²) < 4.78 is 10.9. The molecule has 1 saturated heterocycles. The molecule has 0 N–H and O–H groups in total. The van der Waals surface area contributed by atoms with Crippen LogP contribution in [0.15, 0.2) is 65.3 Å². The van der Waals surface area contributed by atoms with Crippen molar-refractivity contribution in [3.63, 3.8) is 0 Å². The molecule has 2 aliphatic heterocycles. The highest BCUT2D eigenvalue weighted by atomic mass is 35.5. The van der Waals surface area contributed by atoms with Gasteiger partial charge in [-0.1, -0.05) is 29.8 Å². The molecule has 0 radical (unpaired) electrons. The standard InChI is InChI=1S/C23H18ClN3O3/c24-18-7-5-15(6-8-18)22-26-20(23(28)30-22)14-17-13-16-3-1-2-4-19(16)25-21(17)27-9-11-29-12-10-27/h1-8,13-14H,9-12H2. The first kappa shape index (κ1) is 18.8. The zero-order valence-corrected chi connectivity index (χ0v) is 16.8. The molecule has 0 bridgehead atoms. The van der Waals surface area contributed by atoms with Crippen LogP contribution in [0.25, 0.3) is 17.0 Å². The fourth-order valence-corrected chi connectivity index (χ4v) is 3.66. The maximum Gasteiger partial charge on any atom is 0.363 e. The molecule has 1 aromatic heterocycles. The summed E-state index contributed by atoms with van der Waals surface area (Å²) in [5.74, 6) is 0.595. The van der Waals surface area contributed by atoms with Crippen LogP contribution in [-0.4, -0.2) is 43.2 Å². The summed E-state index contributed by atoms with van der Waals surface area (Å²) in [6, 6.07) is 17.0. The van der Waals surface area contributed by atoms with Gasteiger partial charge < -0.3 is 14.4 Å². The lowest BCUT2D eigenvalue weighted by atomic mass is 10.1. The Kier molecular flexibility index (Phi) is 4.94. The van der Waals surface area contributed by atoms with Crippen LogP contribution in [0.5, 0.6) is 0 Å². The molecular formula is C23H18ClN3O3. The SMILES string of the molecule is O=C1OC(c2ccc(Cl)cc2)=NC1=Cc1cc2ccccc2nc1N1CCOCC1. The lowest BCUT2D eigenvalue weighted by Crippen LogP contribution is -2.37. The number of fused-ring (bicyclic) bond motifs is 1. The molecule has 30 heavy (non-hydrogen) atoms. The van der Waals surface area contributed by atoms with Crippen molar-refractivity contribution in [2.24, 2.45) is 4.99 Å². The molecule has 3 aromatic rings. The Morgan fingerprint density at radius 2 is 1.80 bits per heavy atom. The van der Waals surface area contributed by atoms with Gasteiger partial charge in [-0.2, -0.15) is 0 Å². The van der Waals surface area contributed by atoms with E-state index >= 15 is 0 Å². The number of para-hydroxylation sites is 1. The zero-order chi connectivity index (χ0) is 20.5. The van der Waals surface area contributed by atoms with Crippen molar-refractivity contribution in [3.05, 3.63) is 76.4 Å². The van der Waals surface area contributed by atoms with Gasteiger partial charge in [-0.05, 0) is 42.5 Å². The van der Waals surface area contributed by atoms with Gasteiger partial charge in [0.25, 0.3) is 0 Å². The quantitative estimate of drug-likeness (QED) is 0.473. The monoisotopic (exact) mass is 419 g/mol. The molecule has 3 heterocycles. The van der Waals surface area contributed by atoms with Crippen LogP contribution in [0.3, 0.4) is 0 Å². The topological polar surface area (TPSA) is 64.0 Å². The number of esters is 1. The van der Waals surface area contributed by atoms with E-state index in [1.807, 2.05) is 30.3 Å². The number of cyclic esters (lactones) is 1. The molecule has 2 aromatic carbocycles. The van der Waals surface area contributed by atoms with E-state index in [1.165, 1.54) is 0 Å². The molecule has 0 aliphatic carbocycles. The van der Waals surface area contributed by atoms with Crippen LogP contribution in [0.1, 0.15) is 11.1 Å². The number of ether oxygens (including phenoxy) is 2. The van der Waals surface area contributed by atoms with E-state index in [4.69, 9.17) is 26.1 Å². The van der Waals surface area contributed by atoms with Crippen molar-refractivity contribution in [3.8, 4) is 0 Å². The van der Waals surface area contributed by atoms with E-state index in [1.54, 1.807) is 30.3 Å². The van der Waals surface area contributed by atoms with Gasteiger partial charge >= 0.3 is 5.97 Å². The number of pyridine rings is 1. The highest BCUT2D eigenvalue weighted by molar-refractivity contribution is 6.30. The van der Waals surface area contributed by atoms with Crippen molar-refractivity contribution in [2.75, 3.05) is 31.2 Å². The van der Waals surface area contributed by atoms with Gasteiger partial charge in [-0.25, -0.2) is 14.8 Å². The number of nitrogens with zero attached hydrogens (tertiary/aromatic N) is 3. The number of morpholine rings is 1. The molecule has 2 aliphatic rings. The van der Waals surface area contributed by atoms with E-state index in [2.05, 4.69) is 9.89 Å². The molecule has 0 unspecified atom stereocenters. The zero-order valence-electron chi connectivity index (χ0n) is 16.0. The normalized spacial score (nSPS) is 18.0. The fraction of sp³-hybridized carbons (Fsp3) is 0.174. The second-order valence-electron chi connectivity index (χ2n) is 7.04. The van der Waals surface area contributed by atoms with Crippen LogP contribution >= 0.6 is 11.6 Å². The van der Waals surface area contributed by atoms with Crippen molar-refractivity contribution >= 4 is 46.3 Å². The molecule has 150 valence electrons. The molecular weight excluding hydrogens is 402 g/mol. The first-order valence-corrected chi connectivity index (χ1v) is 10.1. The number of anilines is 1. The highest BCUT2D eigenvalue weighted by Gasteiger charge is 2.25. The summed E-state index contributed by atoms with van der Waals surface area (Å²) in [7, 11) is 0. The van der Waals surface area contributed by atoms with Crippen molar-refractivity contribution in [2.45, 2.75) is 0 Å². The molecule has 6 nitrogen and oxygen atoms in total. The molecule has 0 atom stereocenters. The van der Waals surface area contributed by atoms with Gasteiger partial charge in [0.2, 0.25) is 5.90 Å². The third-order valence-electron chi connectivity index (χ3n) is 5.05. The number of hydrogen-bond acceptors (Lipinski definition) is 6. The van der Waals surface area contributed by atoms with Crippen LogP contribution in [0.4, 0.5) is 5.82 Å². The molecule has 0 saturated carbocycles. The Labute approximate surface area is 178 Å². The van der Waals surface area contributed by atoms with Crippen molar-refractivity contribution in [1.82, 2.24) is 4.98 Å². The number of rotatable bonds is 3. The van der Waals surface area contributed by atoms with Gasteiger partial charge in [0.1, 0.15) is 5.82 Å². The number of carbonyl (C=O) groups excluding carboxylic acids is 1. The lowest BCUT2D eigenvalue weighted by molar-refractivity contribution is -0.129. The second kappa shape index (κ2) is 7.89. The van der Waals surface area contributed by atoms with Crippen LogP contribution < -0.4 is 4.90 Å². The van der Waals surface area contributed by atoms with E-state index in [-0.39, 0.29) is 11.6 Å². The summed E-state index contributed by atoms with van der Waals surface area (Å²) in [6.45, 7) is 2.77. The van der Waals surface area contributed by atoms with E-state index in [0.29, 0.717) is 23.8 Å². The second-order valence-corrected chi connectivity index (χ2v) is 7.47. The van der Waals surface area contributed by atoms with E-state index in [9.17, 15) is 4.79 Å². The number of aliphatic imine (C=N–C) groups is 1. The summed E-state index contributed by atoms with van der Waals surface area (Å²) in [5, 5.41) is 1.60. The van der Waals surface area contributed by atoms with Crippen LogP contribution in [0.2, 0.25) is 5.02 Å². The first-order valence-electron chi connectivity index (χ1n) is 9.68. The maximum atomic E-state index is 12.5. The molecule has 7 heteroatoms. The molecule has 5 rings (SSSR count). The predicted molar refractivity (Wildman–Crippen MR) is 117 cm³/mol. The van der Waals surface area contributed by atoms with Crippen LogP contribution in [-0.2, 0) is 14.3 Å². The Hall–Kier alpha value is -3.22. The number of benzene rings is 2. The predicted octanol–water partition coefficient (Wildman–Crippen LogP) is 4.07. The van der Waals surface area contributed by atoms with Crippen LogP contribution in [0, 0.1) is 0 Å². The van der Waals surface area contributed by atoms with Gasteiger partial charge in [0, 0.05) is 34.6 Å². The Balaban J connectivity index is 1.58. The molecule has 0 amide bonds. The first-order chi connectivity index (χ1) is 14.7. The number of hydrogen-bond donors (Lipinski definition) is 0. The fourth-order valence-electron chi connectivity index (χ4n) is 3.53. The van der Waals surface area contributed by atoms with E-state index in [0.717, 1.165) is 35.4 Å².